The van der Waals surface area contributed by atoms with Gasteiger partial charge in [0.05, 0.1) is 11.5 Å². The van der Waals surface area contributed by atoms with Gasteiger partial charge in [-0.3, -0.25) is 0 Å². The van der Waals surface area contributed by atoms with E-state index in [-0.39, 0.29) is 11.5 Å². The average Bonchev–Trinajstić information content (AvgIpc) is 2.29. The Morgan fingerprint density at radius 3 is 2.50 bits per heavy atom. The number of rotatable bonds is 2. The van der Waals surface area contributed by atoms with Crippen LogP contribution in [0.2, 0.25) is 0 Å². The molecule has 0 radical (unpaired) electrons. The number of halogens is 1. The third kappa shape index (κ3) is 2.65. The first kappa shape index (κ1) is 11.7. The molecule has 4 nitrogen and oxygen atoms in total. The lowest BCUT2D eigenvalue weighted by Gasteiger charge is -2.27. The molecule has 1 saturated heterocycles. The SMILES string of the molecule is O=S1(=O)CCN(c2ccc(CCl)cn2)CC1. The first-order valence-electron chi connectivity index (χ1n) is 5.07. The molecule has 1 aliphatic rings. The van der Waals surface area contributed by atoms with Gasteiger partial charge in [0.15, 0.2) is 9.84 Å². The smallest absolute Gasteiger partial charge is 0.153 e. The maximum atomic E-state index is 11.3. The van der Waals surface area contributed by atoms with Crippen LogP contribution in [0.5, 0.6) is 0 Å². The molecule has 0 aromatic carbocycles. The lowest BCUT2D eigenvalue weighted by molar-refractivity contribution is 0.586. The van der Waals surface area contributed by atoms with E-state index >= 15 is 0 Å². The van der Waals surface area contributed by atoms with Crippen molar-refractivity contribution in [1.82, 2.24) is 4.98 Å². The van der Waals surface area contributed by atoms with Crippen molar-refractivity contribution in [2.45, 2.75) is 5.88 Å². The molecule has 2 rings (SSSR count). The molecule has 0 aliphatic carbocycles. The van der Waals surface area contributed by atoms with Crippen molar-refractivity contribution in [3.63, 3.8) is 0 Å². The molecule has 0 atom stereocenters. The van der Waals surface area contributed by atoms with Crippen LogP contribution < -0.4 is 4.90 Å². The van der Waals surface area contributed by atoms with Crippen LogP contribution in [0.25, 0.3) is 0 Å². The standard InChI is InChI=1S/C10H13ClN2O2S/c11-7-9-1-2-10(12-8-9)13-3-5-16(14,15)6-4-13/h1-2,8H,3-7H2. The topological polar surface area (TPSA) is 50.3 Å². The lowest BCUT2D eigenvalue weighted by Crippen LogP contribution is -2.40. The molecular weight excluding hydrogens is 248 g/mol. The van der Waals surface area contributed by atoms with Gasteiger partial charge in [0.2, 0.25) is 0 Å². The second kappa shape index (κ2) is 4.59. The molecular formula is C10H13ClN2O2S. The average molecular weight is 261 g/mol. The highest BCUT2D eigenvalue weighted by molar-refractivity contribution is 7.91. The normalized spacial score (nSPS) is 19.7. The predicted molar refractivity (Wildman–Crippen MR) is 64.7 cm³/mol. The summed E-state index contributed by atoms with van der Waals surface area (Å²) in [6.45, 7) is 1.05. The summed E-state index contributed by atoms with van der Waals surface area (Å²) in [5, 5.41) is 0. The summed E-state index contributed by atoms with van der Waals surface area (Å²) in [7, 11) is -2.83. The minimum Gasteiger partial charge on any atom is -0.355 e. The maximum absolute atomic E-state index is 11.3. The number of alkyl halides is 1. The van der Waals surface area contributed by atoms with Gasteiger partial charge in [-0.2, -0.15) is 0 Å². The second-order valence-corrected chi connectivity index (χ2v) is 6.37. The van der Waals surface area contributed by atoms with Crippen molar-refractivity contribution in [2.75, 3.05) is 29.5 Å². The molecule has 1 aliphatic heterocycles. The fourth-order valence-corrected chi connectivity index (χ4v) is 2.98. The van der Waals surface area contributed by atoms with E-state index < -0.39 is 9.84 Å². The van der Waals surface area contributed by atoms with Gasteiger partial charge >= 0.3 is 0 Å². The zero-order chi connectivity index (χ0) is 11.6. The Hall–Kier alpha value is -0.810. The molecule has 0 unspecified atom stereocenters. The van der Waals surface area contributed by atoms with Crippen LogP contribution in [0, 0.1) is 0 Å². The zero-order valence-corrected chi connectivity index (χ0v) is 10.3. The molecule has 0 bridgehead atoms. The molecule has 2 heterocycles. The molecule has 88 valence electrons. The highest BCUT2D eigenvalue weighted by Gasteiger charge is 2.22. The van der Waals surface area contributed by atoms with Gasteiger partial charge in [0.1, 0.15) is 5.82 Å². The number of anilines is 1. The Morgan fingerprint density at radius 2 is 2.00 bits per heavy atom. The second-order valence-electron chi connectivity index (χ2n) is 3.80. The number of hydrogen-bond acceptors (Lipinski definition) is 4. The van der Waals surface area contributed by atoms with Crippen LogP contribution in [-0.4, -0.2) is 38.0 Å². The number of nitrogens with zero attached hydrogens (tertiary/aromatic N) is 2. The summed E-state index contributed by atoms with van der Waals surface area (Å²) in [4.78, 5) is 6.25. The Labute approximate surface area is 100 Å². The zero-order valence-electron chi connectivity index (χ0n) is 8.76. The summed E-state index contributed by atoms with van der Waals surface area (Å²) >= 11 is 5.67. The molecule has 1 fully saturated rings. The third-order valence-electron chi connectivity index (χ3n) is 2.63. The van der Waals surface area contributed by atoms with E-state index in [9.17, 15) is 8.42 Å². The summed E-state index contributed by atoms with van der Waals surface area (Å²) < 4.78 is 22.5. The van der Waals surface area contributed by atoms with Crippen LogP contribution in [0.15, 0.2) is 18.3 Å². The van der Waals surface area contributed by atoms with Gasteiger partial charge in [0, 0.05) is 25.2 Å². The molecule has 1 aromatic rings. The van der Waals surface area contributed by atoms with E-state index in [4.69, 9.17) is 11.6 Å². The van der Waals surface area contributed by atoms with Gasteiger partial charge in [-0.1, -0.05) is 6.07 Å². The van der Waals surface area contributed by atoms with Gasteiger partial charge in [-0.15, -0.1) is 11.6 Å². The van der Waals surface area contributed by atoms with Gasteiger partial charge in [0.25, 0.3) is 0 Å². The molecule has 0 amide bonds. The number of hydrogen-bond donors (Lipinski definition) is 0. The van der Waals surface area contributed by atoms with Crippen molar-refractivity contribution in [3.05, 3.63) is 23.9 Å². The molecule has 6 heteroatoms. The molecule has 16 heavy (non-hydrogen) atoms. The first-order valence-corrected chi connectivity index (χ1v) is 7.42. The van der Waals surface area contributed by atoms with Gasteiger partial charge < -0.3 is 4.90 Å². The van der Waals surface area contributed by atoms with Crippen LogP contribution in [0.1, 0.15) is 5.56 Å². The molecule has 0 N–H and O–H groups in total. The van der Waals surface area contributed by atoms with Crippen molar-refractivity contribution in [2.24, 2.45) is 0 Å². The Balaban J connectivity index is 2.08. The minimum absolute atomic E-state index is 0.214. The van der Waals surface area contributed by atoms with E-state index in [1.54, 1.807) is 6.20 Å². The third-order valence-corrected chi connectivity index (χ3v) is 4.55. The van der Waals surface area contributed by atoms with Crippen LogP contribution >= 0.6 is 11.6 Å². The first-order chi connectivity index (χ1) is 7.61. The summed E-state index contributed by atoms with van der Waals surface area (Å²) in [6, 6.07) is 3.80. The largest absolute Gasteiger partial charge is 0.355 e. The van der Waals surface area contributed by atoms with E-state index in [1.807, 2.05) is 17.0 Å². The maximum Gasteiger partial charge on any atom is 0.153 e. The van der Waals surface area contributed by atoms with Gasteiger partial charge in [-0.25, -0.2) is 13.4 Å². The number of sulfone groups is 1. The van der Waals surface area contributed by atoms with E-state index in [1.165, 1.54) is 0 Å². The molecule has 0 saturated carbocycles. The van der Waals surface area contributed by atoms with Crippen molar-refractivity contribution >= 4 is 27.3 Å². The van der Waals surface area contributed by atoms with Crippen LogP contribution in [0.3, 0.4) is 0 Å². The fourth-order valence-electron chi connectivity index (χ4n) is 1.62. The van der Waals surface area contributed by atoms with Crippen LogP contribution in [0.4, 0.5) is 5.82 Å². The molecule has 1 aromatic heterocycles. The van der Waals surface area contributed by atoms with Crippen molar-refractivity contribution < 1.29 is 8.42 Å². The Bertz CT molecular complexity index is 444. The monoisotopic (exact) mass is 260 g/mol. The summed E-state index contributed by atoms with van der Waals surface area (Å²) in [5.41, 5.74) is 0.968. The van der Waals surface area contributed by atoms with Crippen molar-refractivity contribution in [1.29, 1.82) is 0 Å². The van der Waals surface area contributed by atoms with Crippen LogP contribution in [-0.2, 0) is 15.7 Å². The van der Waals surface area contributed by atoms with E-state index in [2.05, 4.69) is 4.98 Å². The predicted octanol–water partition coefficient (Wildman–Crippen LogP) is 1.06. The van der Waals surface area contributed by atoms with Gasteiger partial charge in [-0.05, 0) is 11.6 Å². The number of aromatic nitrogens is 1. The van der Waals surface area contributed by atoms with E-state index in [0.717, 1.165) is 11.4 Å². The minimum atomic E-state index is -2.83. The highest BCUT2D eigenvalue weighted by Crippen LogP contribution is 2.15. The summed E-state index contributed by atoms with van der Waals surface area (Å²) in [5.74, 6) is 1.70. The van der Waals surface area contributed by atoms with Crippen molar-refractivity contribution in [3.8, 4) is 0 Å². The molecule has 0 spiro atoms. The van der Waals surface area contributed by atoms with E-state index in [0.29, 0.717) is 19.0 Å². The summed E-state index contributed by atoms with van der Waals surface area (Å²) in [6.07, 6.45) is 1.73. The lowest BCUT2D eigenvalue weighted by atomic mass is 10.3. The Morgan fingerprint density at radius 1 is 1.31 bits per heavy atom. The number of pyridine rings is 1. The quantitative estimate of drug-likeness (QED) is 0.746. The highest BCUT2D eigenvalue weighted by atomic mass is 35.5. The fraction of sp³-hybridized carbons (Fsp3) is 0.500. The Kier molecular flexibility index (Phi) is 3.35.